The molecule has 136 valence electrons. The molecule has 0 aliphatic carbocycles. The van der Waals surface area contributed by atoms with E-state index in [4.69, 9.17) is 10.5 Å². The fraction of sp³-hybridized carbons (Fsp3) is 0.579. The average molecular weight is 345 g/mol. The Hall–Kier alpha value is -2.08. The summed E-state index contributed by atoms with van der Waals surface area (Å²) in [7, 11) is 0. The number of ether oxygens (including phenoxy) is 1. The lowest BCUT2D eigenvalue weighted by molar-refractivity contribution is -0.137. The quantitative estimate of drug-likeness (QED) is 0.885. The van der Waals surface area contributed by atoms with Crippen LogP contribution in [0.2, 0.25) is 0 Å². The first-order chi connectivity index (χ1) is 12.1. The lowest BCUT2D eigenvalue weighted by atomic mass is 9.97. The number of hydrogen-bond donors (Lipinski definition) is 1. The second kappa shape index (κ2) is 7.87. The van der Waals surface area contributed by atoms with Crippen LogP contribution in [0, 0.1) is 0 Å². The molecule has 1 aromatic carbocycles. The highest BCUT2D eigenvalue weighted by atomic mass is 16.5. The molecule has 0 radical (unpaired) electrons. The lowest BCUT2D eigenvalue weighted by Gasteiger charge is -2.38. The molecule has 6 nitrogen and oxygen atoms in total. The molecular weight excluding hydrogens is 318 g/mol. The van der Waals surface area contributed by atoms with E-state index in [0.717, 1.165) is 44.5 Å². The molecule has 1 aromatic rings. The maximum Gasteiger partial charge on any atom is 0.260 e. The molecule has 2 N–H and O–H groups in total. The van der Waals surface area contributed by atoms with Crippen molar-refractivity contribution in [3.05, 3.63) is 24.3 Å². The normalized spacial score (nSPS) is 22.2. The molecule has 0 spiro atoms. The second-order valence-corrected chi connectivity index (χ2v) is 6.94. The topological polar surface area (TPSA) is 75.9 Å². The number of piperidine rings is 1. The van der Waals surface area contributed by atoms with Crippen molar-refractivity contribution in [3.63, 3.8) is 0 Å². The predicted molar refractivity (Wildman–Crippen MR) is 96.5 cm³/mol. The summed E-state index contributed by atoms with van der Waals surface area (Å²) in [6, 6.07) is 7.46. The minimum Gasteiger partial charge on any atom is -0.484 e. The number of amides is 2. The number of benzene rings is 1. The summed E-state index contributed by atoms with van der Waals surface area (Å²) < 4.78 is 5.71. The lowest BCUT2D eigenvalue weighted by Crippen LogP contribution is -2.52. The van der Waals surface area contributed by atoms with E-state index >= 15 is 0 Å². The summed E-state index contributed by atoms with van der Waals surface area (Å²) in [4.78, 5) is 28.1. The van der Waals surface area contributed by atoms with Gasteiger partial charge in [0.1, 0.15) is 5.75 Å². The number of hydrogen-bond acceptors (Lipinski definition) is 4. The number of anilines is 1. The monoisotopic (exact) mass is 345 g/mol. The molecule has 0 saturated carbocycles. The SMILES string of the molecule is CC(N)C1CCCCN1C(=O)COc1cccc(N2CCCC2=O)c1. The van der Waals surface area contributed by atoms with Gasteiger partial charge in [-0.1, -0.05) is 6.07 Å². The number of nitrogens with two attached hydrogens (primary N) is 1. The van der Waals surface area contributed by atoms with Crippen molar-refractivity contribution in [3.8, 4) is 5.75 Å². The van der Waals surface area contributed by atoms with Gasteiger partial charge in [0, 0.05) is 43.3 Å². The number of likely N-dealkylation sites (tertiary alicyclic amines) is 1. The minimum absolute atomic E-state index is 0.000615. The Kier molecular flexibility index (Phi) is 5.58. The Balaban J connectivity index is 1.61. The summed E-state index contributed by atoms with van der Waals surface area (Å²) in [6.45, 7) is 3.44. The first-order valence-corrected chi connectivity index (χ1v) is 9.14. The Morgan fingerprint density at radius 3 is 2.88 bits per heavy atom. The molecule has 0 aromatic heterocycles. The van der Waals surface area contributed by atoms with E-state index in [-0.39, 0.29) is 30.5 Å². The van der Waals surface area contributed by atoms with Crippen molar-refractivity contribution in [2.45, 2.75) is 51.1 Å². The zero-order valence-electron chi connectivity index (χ0n) is 14.8. The summed E-state index contributed by atoms with van der Waals surface area (Å²) in [5.74, 6) is 0.728. The van der Waals surface area contributed by atoms with Crippen molar-refractivity contribution in [2.24, 2.45) is 5.73 Å². The third-order valence-corrected chi connectivity index (χ3v) is 5.04. The van der Waals surface area contributed by atoms with Crippen LogP contribution < -0.4 is 15.4 Å². The van der Waals surface area contributed by atoms with Crippen LogP contribution in [0.5, 0.6) is 5.75 Å². The van der Waals surface area contributed by atoms with Crippen molar-refractivity contribution in [2.75, 3.05) is 24.6 Å². The Labute approximate surface area is 148 Å². The minimum atomic E-state index is -0.0336. The molecule has 0 bridgehead atoms. The van der Waals surface area contributed by atoms with Gasteiger partial charge in [0.25, 0.3) is 5.91 Å². The smallest absolute Gasteiger partial charge is 0.260 e. The van der Waals surface area contributed by atoms with E-state index in [1.807, 2.05) is 36.1 Å². The molecule has 2 unspecified atom stereocenters. The zero-order valence-corrected chi connectivity index (χ0v) is 14.8. The summed E-state index contributed by atoms with van der Waals surface area (Å²) in [5, 5.41) is 0. The van der Waals surface area contributed by atoms with E-state index in [9.17, 15) is 9.59 Å². The van der Waals surface area contributed by atoms with Gasteiger partial charge in [-0.05, 0) is 44.7 Å². The number of carbonyl (C=O) groups excluding carboxylic acids is 2. The van der Waals surface area contributed by atoms with Crippen molar-refractivity contribution in [1.82, 2.24) is 4.90 Å². The Morgan fingerprint density at radius 2 is 2.16 bits per heavy atom. The van der Waals surface area contributed by atoms with Crippen LogP contribution in [0.4, 0.5) is 5.69 Å². The number of carbonyl (C=O) groups is 2. The van der Waals surface area contributed by atoms with E-state index in [1.54, 1.807) is 4.90 Å². The van der Waals surface area contributed by atoms with Gasteiger partial charge < -0.3 is 20.3 Å². The fourth-order valence-corrected chi connectivity index (χ4v) is 3.70. The maximum absolute atomic E-state index is 12.6. The van der Waals surface area contributed by atoms with Gasteiger partial charge in [0.05, 0.1) is 0 Å². The summed E-state index contributed by atoms with van der Waals surface area (Å²) in [5.41, 5.74) is 6.87. The van der Waals surface area contributed by atoms with E-state index in [0.29, 0.717) is 12.2 Å². The molecule has 2 atom stereocenters. The first-order valence-electron chi connectivity index (χ1n) is 9.14. The first kappa shape index (κ1) is 17.7. The van der Waals surface area contributed by atoms with Crippen LogP contribution in [-0.2, 0) is 9.59 Å². The molecule has 2 saturated heterocycles. The molecule has 2 amide bonds. The average Bonchev–Trinajstić information content (AvgIpc) is 3.06. The third kappa shape index (κ3) is 4.12. The molecule has 25 heavy (non-hydrogen) atoms. The van der Waals surface area contributed by atoms with Crippen molar-refractivity contribution in [1.29, 1.82) is 0 Å². The molecule has 6 heteroatoms. The Bertz CT molecular complexity index is 632. The highest BCUT2D eigenvalue weighted by molar-refractivity contribution is 5.95. The molecule has 2 aliphatic heterocycles. The molecule has 2 fully saturated rings. The van der Waals surface area contributed by atoms with Crippen LogP contribution in [0.3, 0.4) is 0 Å². The maximum atomic E-state index is 12.6. The molecule has 2 aliphatic rings. The zero-order chi connectivity index (χ0) is 17.8. The van der Waals surface area contributed by atoms with E-state index in [2.05, 4.69) is 0 Å². The van der Waals surface area contributed by atoms with Gasteiger partial charge in [0.2, 0.25) is 5.91 Å². The summed E-state index contributed by atoms with van der Waals surface area (Å²) in [6.07, 6.45) is 4.56. The van der Waals surface area contributed by atoms with Crippen molar-refractivity contribution < 1.29 is 14.3 Å². The van der Waals surface area contributed by atoms with Gasteiger partial charge in [-0.15, -0.1) is 0 Å². The van der Waals surface area contributed by atoms with Gasteiger partial charge in [0.15, 0.2) is 6.61 Å². The number of rotatable bonds is 5. The number of nitrogens with zero attached hydrogens (tertiary/aromatic N) is 2. The van der Waals surface area contributed by atoms with Gasteiger partial charge in [-0.2, -0.15) is 0 Å². The van der Waals surface area contributed by atoms with E-state index in [1.165, 1.54) is 0 Å². The Morgan fingerprint density at radius 1 is 1.32 bits per heavy atom. The standard InChI is InChI=1S/C19H27N3O3/c1-14(20)17-8-2-3-10-22(17)19(24)13-25-16-7-4-6-15(12-16)21-11-5-9-18(21)23/h4,6-7,12,14,17H,2-3,5,8-11,13,20H2,1H3. The van der Waals surface area contributed by atoms with Crippen LogP contribution in [-0.4, -0.2) is 48.5 Å². The van der Waals surface area contributed by atoms with Crippen LogP contribution >= 0.6 is 0 Å². The highest BCUT2D eigenvalue weighted by Gasteiger charge is 2.29. The summed E-state index contributed by atoms with van der Waals surface area (Å²) >= 11 is 0. The molecule has 2 heterocycles. The van der Waals surface area contributed by atoms with Crippen LogP contribution in [0.1, 0.15) is 39.0 Å². The fourth-order valence-electron chi connectivity index (χ4n) is 3.70. The predicted octanol–water partition coefficient (Wildman–Crippen LogP) is 1.92. The van der Waals surface area contributed by atoms with E-state index < -0.39 is 0 Å². The molecular formula is C19H27N3O3. The van der Waals surface area contributed by atoms with Crippen molar-refractivity contribution >= 4 is 17.5 Å². The third-order valence-electron chi connectivity index (χ3n) is 5.04. The van der Waals surface area contributed by atoms with Gasteiger partial charge in [-0.3, -0.25) is 9.59 Å². The van der Waals surface area contributed by atoms with Crippen LogP contribution in [0.15, 0.2) is 24.3 Å². The highest BCUT2D eigenvalue weighted by Crippen LogP contribution is 2.25. The van der Waals surface area contributed by atoms with Gasteiger partial charge in [-0.25, -0.2) is 0 Å². The van der Waals surface area contributed by atoms with Crippen LogP contribution in [0.25, 0.3) is 0 Å². The largest absolute Gasteiger partial charge is 0.484 e. The molecule has 3 rings (SSSR count). The van der Waals surface area contributed by atoms with Gasteiger partial charge >= 0.3 is 0 Å². The second-order valence-electron chi connectivity index (χ2n) is 6.94.